The average Bonchev–Trinajstić information content (AvgIpc) is 2.02. The summed E-state index contributed by atoms with van der Waals surface area (Å²) in [6.07, 6.45) is 3.44. The molecule has 0 amide bonds. The van der Waals surface area contributed by atoms with Gasteiger partial charge in [0.05, 0.1) is 5.60 Å². The van der Waals surface area contributed by atoms with E-state index in [2.05, 4.69) is 6.58 Å². The number of hydrogen-bond acceptors (Lipinski definition) is 5. The largest absolute Gasteiger partial charge is 0.672 e. The normalized spacial score (nSPS) is 16.0. The molecule has 0 aromatic carbocycles. The summed E-state index contributed by atoms with van der Waals surface area (Å²) in [6.45, 7) is 5.04. The van der Waals surface area contributed by atoms with E-state index in [0.717, 1.165) is 6.29 Å². The van der Waals surface area contributed by atoms with Crippen molar-refractivity contribution < 1.29 is 23.6 Å². The molecule has 5 nitrogen and oxygen atoms in total. The fourth-order valence-corrected chi connectivity index (χ4v) is 1.85. The van der Waals surface area contributed by atoms with E-state index in [1.165, 1.54) is 6.08 Å². The smallest absolute Gasteiger partial charge is 0.368 e. The third-order valence-electron chi connectivity index (χ3n) is 1.80. The lowest BCUT2D eigenvalue weighted by Gasteiger charge is -2.28. The molecule has 0 rings (SSSR count). The van der Waals surface area contributed by atoms with Gasteiger partial charge in [-0.15, -0.1) is 6.58 Å². The van der Waals surface area contributed by atoms with E-state index in [1.54, 1.807) is 6.92 Å². The number of aldehydes is 1. The van der Waals surface area contributed by atoms with Crippen molar-refractivity contribution in [3.8, 4) is 0 Å². The van der Waals surface area contributed by atoms with E-state index in [-0.39, 0.29) is 0 Å². The Labute approximate surface area is 84.1 Å². The molecule has 0 saturated carbocycles. The summed E-state index contributed by atoms with van der Waals surface area (Å²) in [5, 5.41) is 0. The summed E-state index contributed by atoms with van der Waals surface area (Å²) < 4.78 is 4.69. The van der Waals surface area contributed by atoms with Crippen LogP contribution in [0.2, 0.25) is 0 Å². The van der Waals surface area contributed by atoms with Crippen molar-refractivity contribution in [3.63, 3.8) is 0 Å². The standard InChI is InChI=1S/C8H16O5Si/c1-3-8(2,6-4-5-7-9)13-14(10,11)12/h3,7,10-12H,1,4-6H2,2H3. The lowest BCUT2D eigenvalue weighted by Crippen LogP contribution is -2.47. The minimum absolute atomic E-state index is 0.365. The summed E-state index contributed by atoms with van der Waals surface area (Å²) in [5.74, 6) is 0. The van der Waals surface area contributed by atoms with Crippen molar-refractivity contribution in [1.82, 2.24) is 0 Å². The second kappa shape index (κ2) is 5.37. The predicted octanol–water partition coefficient (Wildman–Crippen LogP) is -0.271. The van der Waals surface area contributed by atoms with E-state index in [0.29, 0.717) is 19.3 Å². The molecule has 14 heavy (non-hydrogen) atoms. The minimum atomic E-state index is -4.53. The summed E-state index contributed by atoms with van der Waals surface area (Å²) >= 11 is 0. The highest BCUT2D eigenvalue weighted by molar-refractivity contribution is 6.48. The Morgan fingerprint density at radius 1 is 1.50 bits per heavy atom. The number of carbonyl (C=O) groups is 1. The van der Waals surface area contributed by atoms with Crippen LogP contribution in [0.1, 0.15) is 26.2 Å². The fourth-order valence-electron chi connectivity index (χ4n) is 1.04. The van der Waals surface area contributed by atoms with Crippen molar-refractivity contribution in [2.75, 3.05) is 0 Å². The quantitative estimate of drug-likeness (QED) is 0.238. The van der Waals surface area contributed by atoms with Crippen molar-refractivity contribution in [2.24, 2.45) is 0 Å². The van der Waals surface area contributed by atoms with E-state index in [9.17, 15) is 4.79 Å². The molecule has 0 spiro atoms. The van der Waals surface area contributed by atoms with Gasteiger partial charge < -0.3 is 23.6 Å². The van der Waals surface area contributed by atoms with E-state index >= 15 is 0 Å². The topological polar surface area (TPSA) is 87.0 Å². The zero-order valence-corrected chi connectivity index (χ0v) is 9.14. The first-order valence-electron chi connectivity index (χ1n) is 4.27. The van der Waals surface area contributed by atoms with Gasteiger partial charge in [0.2, 0.25) is 0 Å². The van der Waals surface area contributed by atoms with Crippen molar-refractivity contribution in [1.29, 1.82) is 0 Å². The molecule has 1 unspecified atom stereocenters. The number of rotatable bonds is 7. The lowest BCUT2D eigenvalue weighted by atomic mass is 10.00. The van der Waals surface area contributed by atoms with Gasteiger partial charge in [-0.1, -0.05) is 6.08 Å². The lowest BCUT2D eigenvalue weighted by molar-refractivity contribution is -0.108. The molecule has 0 saturated heterocycles. The van der Waals surface area contributed by atoms with Gasteiger partial charge in [-0.2, -0.15) is 0 Å². The molecule has 0 aliphatic carbocycles. The third-order valence-corrected chi connectivity index (χ3v) is 2.54. The average molecular weight is 220 g/mol. The Morgan fingerprint density at radius 2 is 2.07 bits per heavy atom. The number of hydrogen-bond donors (Lipinski definition) is 3. The molecular formula is C8H16O5Si. The molecule has 6 heteroatoms. The van der Waals surface area contributed by atoms with Crippen LogP contribution in [0.15, 0.2) is 12.7 Å². The molecule has 0 fully saturated rings. The molecule has 0 aromatic rings. The van der Waals surface area contributed by atoms with Crippen molar-refractivity contribution in [3.05, 3.63) is 12.7 Å². The maximum atomic E-state index is 10.1. The second-order valence-electron chi connectivity index (χ2n) is 3.25. The molecule has 0 aliphatic heterocycles. The molecule has 0 aliphatic rings. The van der Waals surface area contributed by atoms with Crippen LogP contribution in [0.25, 0.3) is 0 Å². The highest BCUT2D eigenvalue weighted by Crippen LogP contribution is 2.21. The van der Waals surface area contributed by atoms with Gasteiger partial charge in [0.25, 0.3) is 0 Å². The number of carbonyl (C=O) groups excluding carboxylic acids is 1. The molecule has 0 aromatic heterocycles. The maximum Gasteiger partial charge on any atom is 0.672 e. The van der Waals surface area contributed by atoms with E-state index in [4.69, 9.17) is 18.8 Å². The van der Waals surface area contributed by atoms with Crippen LogP contribution in [0, 0.1) is 0 Å². The van der Waals surface area contributed by atoms with Gasteiger partial charge >= 0.3 is 9.05 Å². The van der Waals surface area contributed by atoms with Crippen molar-refractivity contribution >= 4 is 15.3 Å². The van der Waals surface area contributed by atoms with Gasteiger partial charge in [-0.3, -0.25) is 0 Å². The molecule has 1 atom stereocenters. The summed E-state index contributed by atoms with van der Waals surface area (Å²) in [7, 11) is -4.53. The Balaban J connectivity index is 4.18. The Morgan fingerprint density at radius 3 is 2.43 bits per heavy atom. The van der Waals surface area contributed by atoms with E-state index in [1.807, 2.05) is 0 Å². The molecule has 82 valence electrons. The molecule has 3 N–H and O–H groups in total. The van der Waals surface area contributed by atoms with Crippen LogP contribution in [0.3, 0.4) is 0 Å². The molecule has 0 bridgehead atoms. The van der Waals surface area contributed by atoms with Crippen LogP contribution in [0.5, 0.6) is 0 Å². The molecular weight excluding hydrogens is 204 g/mol. The SMILES string of the molecule is C=CC(C)(CCCC=O)O[Si](O)(O)O. The fraction of sp³-hybridized carbons (Fsp3) is 0.625. The van der Waals surface area contributed by atoms with Gasteiger partial charge in [-0.05, 0) is 19.8 Å². The first-order chi connectivity index (χ1) is 6.33. The van der Waals surface area contributed by atoms with Crippen LogP contribution < -0.4 is 0 Å². The second-order valence-corrected chi connectivity index (χ2v) is 4.60. The summed E-state index contributed by atoms with van der Waals surface area (Å²) in [4.78, 5) is 36.3. The first kappa shape index (κ1) is 13.5. The van der Waals surface area contributed by atoms with Gasteiger partial charge in [0.1, 0.15) is 6.29 Å². The highest BCUT2D eigenvalue weighted by atomic mass is 28.4. The Kier molecular flexibility index (Phi) is 5.17. The molecule has 0 heterocycles. The summed E-state index contributed by atoms with van der Waals surface area (Å²) in [5.41, 5.74) is -1.01. The summed E-state index contributed by atoms with van der Waals surface area (Å²) in [6, 6.07) is 0. The van der Waals surface area contributed by atoms with Gasteiger partial charge in [0, 0.05) is 6.42 Å². The van der Waals surface area contributed by atoms with Crippen LogP contribution in [-0.2, 0) is 9.22 Å². The maximum absolute atomic E-state index is 10.1. The van der Waals surface area contributed by atoms with Crippen molar-refractivity contribution in [2.45, 2.75) is 31.8 Å². The van der Waals surface area contributed by atoms with Crippen LogP contribution in [0.4, 0.5) is 0 Å². The monoisotopic (exact) mass is 220 g/mol. The highest BCUT2D eigenvalue weighted by Gasteiger charge is 2.39. The van der Waals surface area contributed by atoms with Crippen LogP contribution in [-0.4, -0.2) is 35.3 Å². The first-order valence-corrected chi connectivity index (χ1v) is 6.02. The third kappa shape index (κ3) is 6.00. The number of unbranched alkanes of at least 4 members (excludes halogenated alkanes) is 1. The van der Waals surface area contributed by atoms with Gasteiger partial charge in [-0.25, -0.2) is 0 Å². The Hall–Kier alpha value is -0.533. The predicted molar refractivity (Wildman–Crippen MR) is 52.0 cm³/mol. The zero-order valence-electron chi connectivity index (χ0n) is 8.14. The van der Waals surface area contributed by atoms with Crippen LogP contribution >= 0.6 is 0 Å². The zero-order chi connectivity index (χ0) is 11.2. The van der Waals surface area contributed by atoms with E-state index < -0.39 is 14.6 Å². The molecule has 0 radical (unpaired) electrons. The van der Waals surface area contributed by atoms with Gasteiger partial charge in [0.15, 0.2) is 0 Å². The minimum Gasteiger partial charge on any atom is -0.368 e. The Bertz CT molecular complexity index is 200.